The number of hydrogen-bond donors (Lipinski definition) is 4. The molecule has 0 radical (unpaired) electrons. The maximum Gasteiger partial charge on any atom is 0.472 e. The number of rotatable bonds is 40. The molecule has 4 atom stereocenters. The van der Waals surface area contributed by atoms with Crippen LogP contribution in [0.15, 0.2) is 36.5 Å². The van der Waals surface area contributed by atoms with Crippen LogP contribution in [0.4, 0.5) is 0 Å². The highest BCUT2D eigenvalue weighted by Gasteiger charge is 2.27. The van der Waals surface area contributed by atoms with E-state index in [1.807, 2.05) is 18.2 Å². The molecule has 0 bridgehead atoms. The molecule has 11 nitrogen and oxygen atoms in total. The maximum absolute atomic E-state index is 12.6. The molecular weight excluding hydrogens is 735 g/mol. The molecule has 56 heavy (non-hydrogen) atoms. The van der Waals surface area contributed by atoms with Gasteiger partial charge < -0.3 is 29.7 Å². The summed E-state index contributed by atoms with van der Waals surface area (Å²) in [6.45, 7) is 4.48. The van der Waals surface area contributed by atoms with E-state index >= 15 is 0 Å². The molecule has 0 aliphatic heterocycles. The minimum absolute atomic E-state index is 0.166. The molecule has 0 amide bonds. The van der Waals surface area contributed by atoms with E-state index in [4.69, 9.17) is 19.1 Å². The number of phosphoric ester groups is 1. The van der Waals surface area contributed by atoms with Crippen molar-refractivity contribution in [2.45, 2.75) is 200 Å². The summed E-state index contributed by atoms with van der Waals surface area (Å²) in [4.78, 5) is 35.0. The monoisotopic (exact) mass is 817 g/mol. The lowest BCUT2D eigenvalue weighted by atomic mass is 10.0. The van der Waals surface area contributed by atoms with E-state index in [1.165, 1.54) is 70.6 Å². The molecule has 0 saturated carbocycles. The van der Waals surface area contributed by atoms with Crippen molar-refractivity contribution in [1.29, 1.82) is 0 Å². The Morgan fingerprint density at radius 2 is 1.12 bits per heavy atom. The molecule has 2 unspecified atom stereocenters. The third kappa shape index (κ3) is 39.0. The number of carbonyl (C=O) groups excluding carboxylic acids is 2. The molecule has 4 N–H and O–H groups in total. The van der Waals surface area contributed by atoms with E-state index in [0.29, 0.717) is 19.3 Å². The number of carbonyl (C=O) groups is 2. The molecule has 0 fully saturated rings. The van der Waals surface area contributed by atoms with Gasteiger partial charge in [-0.2, -0.15) is 0 Å². The van der Waals surface area contributed by atoms with E-state index in [2.05, 4.69) is 37.4 Å². The third-order valence-corrected chi connectivity index (χ3v) is 10.3. The van der Waals surface area contributed by atoms with Gasteiger partial charge in [0, 0.05) is 12.8 Å². The van der Waals surface area contributed by atoms with Crippen LogP contribution in [0.3, 0.4) is 0 Å². The molecule has 0 rings (SSSR count). The first-order valence-electron chi connectivity index (χ1n) is 21.9. The molecule has 328 valence electrons. The largest absolute Gasteiger partial charge is 0.472 e. The number of aliphatic hydroxyl groups is 3. The van der Waals surface area contributed by atoms with Gasteiger partial charge in [-0.05, 0) is 38.0 Å². The molecule has 12 heteroatoms. The standard InChI is InChI=1S/C44H81O11P/c1-4-5-6-7-16-21-26-31-40(46)32-27-22-19-24-28-33-43(48)52-37-42(38-54-56(50,51)53-36-41(47)35-45)55-44(49)34-29-23-18-15-13-11-9-8-10-12-14-17-20-25-30-39(2)3/h5-6,16,21,26,31,39-42,45-47H,4,7-15,17-20,22-25,27-30,32-38H2,1-3H3,(H,50,51)/b6-5+,21-16+,31-26+/t40?,41-,42+/m0/s1. The fourth-order valence-corrected chi connectivity index (χ4v) is 6.74. The van der Waals surface area contributed by atoms with E-state index < -0.39 is 57.9 Å². The van der Waals surface area contributed by atoms with Crippen LogP contribution in [-0.4, -0.2) is 76.9 Å². The van der Waals surface area contributed by atoms with Crippen LogP contribution < -0.4 is 0 Å². The average Bonchev–Trinajstić information content (AvgIpc) is 3.16. The normalized spacial score (nSPS) is 14.9. The molecule has 0 aliphatic carbocycles. The lowest BCUT2D eigenvalue weighted by Crippen LogP contribution is -2.29. The Morgan fingerprint density at radius 3 is 1.66 bits per heavy atom. The smallest absolute Gasteiger partial charge is 0.462 e. The topological polar surface area (TPSA) is 169 Å². The number of phosphoric acid groups is 1. The average molecular weight is 817 g/mol. The second-order valence-electron chi connectivity index (χ2n) is 15.4. The molecular formula is C44H81O11P. The highest BCUT2D eigenvalue weighted by molar-refractivity contribution is 7.47. The summed E-state index contributed by atoms with van der Waals surface area (Å²) in [6.07, 6.45) is 34.2. The van der Waals surface area contributed by atoms with Crippen LogP contribution >= 0.6 is 7.82 Å². The van der Waals surface area contributed by atoms with Gasteiger partial charge in [-0.1, -0.05) is 173 Å². The number of hydrogen-bond acceptors (Lipinski definition) is 10. The Hall–Kier alpha value is -1.85. The van der Waals surface area contributed by atoms with Crippen LogP contribution in [0.1, 0.15) is 181 Å². The summed E-state index contributed by atoms with van der Waals surface area (Å²) >= 11 is 0. The van der Waals surface area contributed by atoms with Crippen molar-refractivity contribution in [2.24, 2.45) is 5.92 Å². The summed E-state index contributed by atoms with van der Waals surface area (Å²) in [5.41, 5.74) is 0. The zero-order valence-electron chi connectivity index (χ0n) is 35.4. The van der Waals surface area contributed by atoms with Gasteiger partial charge in [0.1, 0.15) is 12.7 Å². The van der Waals surface area contributed by atoms with Crippen LogP contribution in [0.25, 0.3) is 0 Å². The first kappa shape index (κ1) is 54.2. The van der Waals surface area contributed by atoms with Crippen LogP contribution in [0, 0.1) is 5.92 Å². The van der Waals surface area contributed by atoms with Crippen molar-refractivity contribution < 1.29 is 52.9 Å². The van der Waals surface area contributed by atoms with Crippen molar-refractivity contribution >= 4 is 19.8 Å². The number of unbranched alkanes of at least 4 members (excludes halogenated alkanes) is 17. The quantitative estimate of drug-likeness (QED) is 0.0153. The van der Waals surface area contributed by atoms with Gasteiger partial charge in [-0.15, -0.1) is 0 Å². The van der Waals surface area contributed by atoms with Gasteiger partial charge in [-0.3, -0.25) is 18.6 Å². The van der Waals surface area contributed by atoms with Gasteiger partial charge in [0.15, 0.2) is 6.10 Å². The second-order valence-corrected chi connectivity index (χ2v) is 16.8. The summed E-state index contributed by atoms with van der Waals surface area (Å²) in [7, 11) is -4.64. The van der Waals surface area contributed by atoms with E-state index in [-0.39, 0.29) is 19.4 Å². The fraction of sp³-hybridized carbons (Fsp3) is 0.818. The fourth-order valence-electron chi connectivity index (χ4n) is 5.95. The first-order chi connectivity index (χ1) is 27.0. The zero-order chi connectivity index (χ0) is 41.5. The van der Waals surface area contributed by atoms with Gasteiger partial charge in [-0.25, -0.2) is 4.57 Å². The Balaban J connectivity index is 4.35. The minimum Gasteiger partial charge on any atom is -0.462 e. The summed E-state index contributed by atoms with van der Waals surface area (Å²) in [6, 6.07) is 0. The zero-order valence-corrected chi connectivity index (χ0v) is 36.3. The Kier molecular flexibility index (Phi) is 37.4. The Labute approximate surface area is 340 Å². The number of esters is 2. The first-order valence-corrected chi connectivity index (χ1v) is 23.4. The Morgan fingerprint density at radius 1 is 0.625 bits per heavy atom. The van der Waals surface area contributed by atoms with Crippen molar-refractivity contribution in [1.82, 2.24) is 0 Å². The number of ether oxygens (including phenoxy) is 2. The molecule has 0 saturated heterocycles. The molecule has 0 aromatic rings. The van der Waals surface area contributed by atoms with Crippen LogP contribution in [0.5, 0.6) is 0 Å². The summed E-state index contributed by atoms with van der Waals surface area (Å²) in [5, 5.41) is 28.4. The minimum atomic E-state index is -4.64. The summed E-state index contributed by atoms with van der Waals surface area (Å²) in [5.74, 6) is -0.182. The molecule has 0 aliphatic rings. The predicted octanol–water partition coefficient (Wildman–Crippen LogP) is 10.4. The van der Waals surface area contributed by atoms with Gasteiger partial charge in [0.2, 0.25) is 0 Å². The maximum atomic E-state index is 12.6. The van der Waals surface area contributed by atoms with Crippen LogP contribution in [-0.2, 0) is 32.7 Å². The highest BCUT2D eigenvalue weighted by atomic mass is 31.2. The molecule has 0 aromatic carbocycles. The van der Waals surface area contributed by atoms with E-state index in [1.54, 1.807) is 6.08 Å². The summed E-state index contributed by atoms with van der Waals surface area (Å²) < 4.78 is 32.7. The van der Waals surface area contributed by atoms with E-state index in [9.17, 15) is 29.3 Å². The third-order valence-electron chi connectivity index (χ3n) is 9.34. The second kappa shape index (κ2) is 38.7. The highest BCUT2D eigenvalue weighted by Crippen LogP contribution is 2.43. The number of allylic oxidation sites excluding steroid dienone is 5. The van der Waals surface area contributed by atoms with Crippen molar-refractivity contribution in [3.63, 3.8) is 0 Å². The van der Waals surface area contributed by atoms with E-state index in [0.717, 1.165) is 63.7 Å². The van der Waals surface area contributed by atoms with Crippen molar-refractivity contribution in [2.75, 3.05) is 26.4 Å². The van der Waals surface area contributed by atoms with Gasteiger partial charge in [0.25, 0.3) is 0 Å². The lowest BCUT2D eigenvalue weighted by molar-refractivity contribution is -0.161. The number of aliphatic hydroxyl groups excluding tert-OH is 3. The SMILES string of the molecule is CC/C=C/C/C=C/C=C/C(O)CCCCCCCC(=O)OC[C@H](COP(=O)(O)OC[C@@H](O)CO)OC(=O)CCCCCCCCCCCCCCCCC(C)C. The molecule has 0 aromatic heterocycles. The van der Waals surface area contributed by atoms with Crippen molar-refractivity contribution in [3.05, 3.63) is 36.5 Å². The van der Waals surface area contributed by atoms with Crippen LogP contribution in [0.2, 0.25) is 0 Å². The molecule has 0 heterocycles. The lowest BCUT2D eigenvalue weighted by Gasteiger charge is -2.20. The Bertz CT molecular complexity index is 1060. The molecule has 0 spiro atoms. The predicted molar refractivity (Wildman–Crippen MR) is 225 cm³/mol. The van der Waals surface area contributed by atoms with Gasteiger partial charge >= 0.3 is 19.8 Å². The van der Waals surface area contributed by atoms with Crippen molar-refractivity contribution in [3.8, 4) is 0 Å². The van der Waals surface area contributed by atoms with Gasteiger partial charge in [0.05, 0.1) is 25.9 Å².